The molecule has 1 aromatic heterocycles. The minimum atomic E-state index is 0.232. The number of nitrogens with zero attached hydrogens (tertiary/aromatic N) is 2. The molecule has 76 valence electrons. The van der Waals surface area contributed by atoms with Gasteiger partial charge in [-0.1, -0.05) is 19.1 Å². The summed E-state index contributed by atoms with van der Waals surface area (Å²) in [4.78, 5) is 8.48. The molecule has 0 aliphatic carbocycles. The van der Waals surface area contributed by atoms with Crippen molar-refractivity contribution < 1.29 is 5.11 Å². The molecule has 0 aliphatic rings. The van der Waals surface area contributed by atoms with Gasteiger partial charge in [0, 0.05) is 18.0 Å². The SMILES string of the molecule is CCc1cnc(-c2cccc(O)c2)nc1. The molecule has 3 nitrogen and oxygen atoms in total. The van der Waals surface area contributed by atoms with Gasteiger partial charge >= 0.3 is 0 Å². The first-order chi connectivity index (χ1) is 7.29. The highest BCUT2D eigenvalue weighted by molar-refractivity contribution is 5.56. The molecule has 0 amide bonds. The van der Waals surface area contributed by atoms with Crippen LogP contribution in [0, 0.1) is 0 Å². The summed E-state index contributed by atoms with van der Waals surface area (Å²) in [5.41, 5.74) is 1.94. The van der Waals surface area contributed by atoms with Crippen molar-refractivity contribution in [1.29, 1.82) is 0 Å². The quantitative estimate of drug-likeness (QED) is 0.809. The van der Waals surface area contributed by atoms with E-state index in [0.29, 0.717) is 5.82 Å². The van der Waals surface area contributed by atoms with Crippen molar-refractivity contribution in [3.63, 3.8) is 0 Å². The van der Waals surface area contributed by atoms with Crippen LogP contribution < -0.4 is 0 Å². The van der Waals surface area contributed by atoms with Gasteiger partial charge in [0.1, 0.15) is 5.75 Å². The van der Waals surface area contributed by atoms with Gasteiger partial charge in [-0.2, -0.15) is 0 Å². The second-order valence-electron chi connectivity index (χ2n) is 3.32. The lowest BCUT2D eigenvalue weighted by Crippen LogP contribution is -1.90. The first-order valence-electron chi connectivity index (χ1n) is 4.90. The topological polar surface area (TPSA) is 46.0 Å². The molecule has 0 spiro atoms. The van der Waals surface area contributed by atoms with Crippen LogP contribution in [0.2, 0.25) is 0 Å². The van der Waals surface area contributed by atoms with Crippen LogP contribution in [0.25, 0.3) is 11.4 Å². The van der Waals surface area contributed by atoms with E-state index < -0.39 is 0 Å². The van der Waals surface area contributed by atoms with Gasteiger partial charge in [0.2, 0.25) is 0 Å². The average Bonchev–Trinajstić information content (AvgIpc) is 2.29. The normalized spacial score (nSPS) is 10.2. The summed E-state index contributed by atoms with van der Waals surface area (Å²) in [7, 11) is 0. The Morgan fingerprint density at radius 3 is 2.53 bits per heavy atom. The van der Waals surface area contributed by atoms with E-state index in [1.165, 1.54) is 0 Å². The lowest BCUT2D eigenvalue weighted by Gasteiger charge is -2.01. The molecule has 0 unspecified atom stereocenters. The van der Waals surface area contributed by atoms with Gasteiger partial charge in [-0.05, 0) is 24.1 Å². The molecule has 0 bridgehead atoms. The van der Waals surface area contributed by atoms with Crippen LogP contribution in [0.15, 0.2) is 36.7 Å². The highest BCUT2D eigenvalue weighted by Gasteiger charge is 2.01. The summed E-state index contributed by atoms with van der Waals surface area (Å²) in [5.74, 6) is 0.874. The number of hydrogen-bond donors (Lipinski definition) is 1. The van der Waals surface area contributed by atoms with E-state index >= 15 is 0 Å². The first kappa shape index (κ1) is 9.65. The molecular weight excluding hydrogens is 188 g/mol. The van der Waals surface area contributed by atoms with Crippen molar-refractivity contribution in [1.82, 2.24) is 9.97 Å². The van der Waals surface area contributed by atoms with E-state index in [1.54, 1.807) is 18.2 Å². The number of aromatic nitrogens is 2. The van der Waals surface area contributed by atoms with E-state index in [-0.39, 0.29) is 5.75 Å². The molecule has 0 atom stereocenters. The Balaban J connectivity index is 2.37. The smallest absolute Gasteiger partial charge is 0.159 e. The molecule has 0 saturated carbocycles. The predicted octanol–water partition coefficient (Wildman–Crippen LogP) is 2.41. The number of benzene rings is 1. The van der Waals surface area contributed by atoms with Crippen LogP contribution in [0.3, 0.4) is 0 Å². The molecule has 0 saturated heterocycles. The van der Waals surface area contributed by atoms with Crippen molar-refractivity contribution in [2.75, 3.05) is 0 Å². The maximum Gasteiger partial charge on any atom is 0.159 e. The Hall–Kier alpha value is -1.90. The molecule has 2 rings (SSSR count). The summed E-state index contributed by atoms with van der Waals surface area (Å²) < 4.78 is 0. The van der Waals surface area contributed by atoms with E-state index in [1.807, 2.05) is 18.5 Å². The van der Waals surface area contributed by atoms with Crippen LogP contribution in [-0.4, -0.2) is 15.1 Å². The summed E-state index contributed by atoms with van der Waals surface area (Å²) in [6.07, 6.45) is 4.55. The highest BCUT2D eigenvalue weighted by atomic mass is 16.3. The third-order valence-electron chi connectivity index (χ3n) is 2.22. The van der Waals surface area contributed by atoms with Crippen molar-refractivity contribution >= 4 is 0 Å². The largest absolute Gasteiger partial charge is 0.508 e. The first-order valence-corrected chi connectivity index (χ1v) is 4.90. The Morgan fingerprint density at radius 2 is 1.93 bits per heavy atom. The standard InChI is InChI=1S/C12H12N2O/c1-2-9-7-13-12(14-8-9)10-4-3-5-11(15)6-10/h3-8,15H,2H2,1H3. The second-order valence-corrected chi connectivity index (χ2v) is 3.32. The Bertz CT molecular complexity index is 451. The Kier molecular flexibility index (Phi) is 2.63. The van der Waals surface area contributed by atoms with Gasteiger partial charge in [-0.25, -0.2) is 9.97 Å². The fraction of sp³-hybridized carbons (Fsp3) is 0.167. The number of rotatable bonds is 2. The number of phenols is 1. The van der Waals surface area contributed by atoms with Gasteiger partial charge in [-0.3, -0.25) is 0 Å². The minimum absolute atomic E-state index is 0.232. The molecule has 1 aromatic carbocycles. The van der Waals surface area contributed by atoms with Crippen LogP contribution >= 0.6 is 0 Å². The fourth-order valence-corrected chi connectivity index (χ4v) is 1.33. The molecule has 15 heavy (non-hydrogen) atoms. The van der Waals surface area contributed by atoms with Crippen LogP contribution in [0.5, 0.6) is 5.75 Å². The number of phenolic OH excluding ortho intramolecular Hbond substituents is 1. The van der Waals surface area contributed by atoms with Crippen molar-refractivity contribution in [2.24, 2.45) is 0 Å². The Labute approximate surface area is 88.5 Å². The van der Waals surface area contributed by atoms with Crippen molar-refractivity contribution in [3.8, 4) is 17.1 Å². The molecule has 0 fully saturated rings. The molecule has 1 heterocycles. The zero-order chi connectivity index (χ0) is 10.7. The lowest BCUT2D eigenvalue weighted by atomic mass is 10.2. The maximum atomic E-state index is 9.32. The molecule has 1 N–H and O–H groups in total. The molecule has 0 radical (unpaired) electrons. The van der Waals surface area contributed by atoms with Crippen molar-refractivity contribution in [3.05, 3.63) is 42.2 Å². The molecule has 2 aromatic rings. The predicted molar refractivity (Wildman–Crippen MR) is 58.5 cm³/mol. The Morgan fingerprint density at radius 1 is 1.20 bits per heavy atom. The molecule has 0 aliphatic heterocycles. The van der Waals surface area contributed by atoms with E-state index in [0.717, 1.165) is 17.5 Å². The van der Waals surface area contributed by atoms with Crippen molar-refractivity contribution in [2.45, 2.75) is 13.3 Å². The monoisotopic (exact) mass is 200 g/mol. The summed E-state index contributed by atoms with van der Waals surface area (Å²) in [6.45, 7) is 2.06. The van der Waals surface area contributed by atoms with Gasteiger partial charge in [0.15, 0.2) is 5.82 Å². The molecule has 3 heteroatoms. The van der Waals surface area contributed by atoms with Crippen LogP contribution in [0.4, 0.5) is 0 Å². The van der Waals surface area contributed by atoms with Gasteiger partial charge in [-0.15, -0.1) is 0 Å². The van der Waals surface area contributed by atoms with Gasteiger partial charge in [0.05, 0.1) is 0 Å². The highest BCUT2D eigenvalue weighted by Crippen LogP contribution is 2.19. The van der Waals surface area contributed by atoms with Gasteiger partial charge < -0.3 is 5.11 Å². The van der Waals surface area contributed by atoms with Crippen LogP contribution in [-0.2, 0) is 6.42 Å². The number of hydrogen-bond acceptors (Lipinski definition) is 3. The summed E-state index contributed by atoms with van der Waals surface area (Å²) in [6, 6.07) is 6.94. The zero-order valence-electron chi connectivity index (χ0n) is 8.51. The summed E-state index contributed by atoms with van der Waals surface area (Å²) in [5, 5.41) is 9.32. The number of aryl methyl sites for hydroxylation is 1. The second kappa shape index (κ2) is 4.09. The lowest BCUT2D eigenvalue weighted by molar-refractivity contribution is 0.475. The number of aromatic hydroxyl groups is 1. The maximum absolute atomic E-state index is 9.32. The minimum Gasteiger partial charge on any atom is -0.508 e. The van der Waals surface area contributed by atoms with E-state index in [4.69, 9.17) is 0 Å². The third-order valence-corrected chi connectivity index (χ3v) is 2.22. The summed E-state index contributed by atoms with van der Waals surface area (Å²) >= 11 is 0. The third kappa shape index (κ3) is 2.13. The zero-order valence-corrected chi connectivity index (χ0v) is 8.51. The average molecular weight is 200 g/mol. The molecular formula is C12H12N2O. The van der Waals surface area contributed by atoms with E-state index in [2.05, 4.69) is 16.9 Å². The van der Waals surface area contributed by atoms with E-state index in [9.17, 15) is 5.11 Å². The van der Waals surface area contributed by atoms with Gasteiger partial charge in [0.25, 0.3) is 0 Å². The van der Waals surface area contributed by atoms with Crippen LogP contribution in [0.1, 0.15) is 12.5 Å². The fourth-order valence-electron chi connectivity index (χ4n) is 1.33.